The zero-order valence-electron chi connectivity index (χ0n) is 7.53. The van der Waals surface area contributed by atoms with Crippen LogP contribution < -0.4 is 0 Å². The number of para-hydroxylation sites is 1. The van der Waals surface area contributed by atoms with Gasteiger partial charge in [0.25, 0.3) is 0 Å². The van der Waals surface area contributed by atoms with Crippen molar-refractivity contribution in [1.82, 2.24) is 0 Å². The Morgan fingerprint density at radius 2 is 2.15 bits per heavy atom. The minimum absolute atomic E-state index is 0.0267. The summed E-state index contributed by atoms with van der Waals surface area (Å²) in [4.78, 5) is 14.5. The highest BCUT2D eigenvalue weighted by Crippen LogP contribution is 2.18. The molecule has 0 saturated carbocycles. The van der Waals surface area contributed by atoms with Crippen LogP contribution >= 0.6 is 0 Å². The van der Waals surface area contributed by atoms with Gasteiger partial charge >= 0.3 is 0 Å². The van der Waals surface area contributed by atoms with E-state index in [0.717, 1.165) is 11.3 Å². The van der Waals surface area contributed by atoms with E-state index in [9.17, 15) is 4.79 Å². The van der Waals surface area contributed by atoms with Crippen LogP contribution in [0.5, 0.6) is 0 Å². The Morgan fingerprint density at radius 1 is 1.46 bits per heavy atom. The minimum Gasteiger partial charge on any atom is -0.295 e. The van der Waals surface area contributed by atoms with Crippen LogP contribution in [0.1, 0.15) is 12.5 Å². The zero-order chi connectivity index (χ0) is 9.68. The Kier molecular flexibility index (Phi) is 3.15. The molecule has 0 saturated heterocycles. The molecule has 1 rings (SSSR count). The lowest BCUT2D eigenvalue weighted by Crippen LogP contribution is -1.80. The lowest BCUT2D eigenvalue weighted by molar-refractivity contribution is -0.112. The Bertz CT molecular complexity index is 353. The third-order valence-electron chi connectivity index (χ3n) is 1.60. The maximum atomic E-state index is 10.7. The number of allylic oxidation sites excluding steroid dienone is 1. The van der Waals surface area contributed by atoms with Gasteiger partial charge in [-0.15, -0.1) is 0 Å². The van der Waals surface area contributed by atoms with E-state index in [4.69, 9.17) is 0 Å². The number of carbonyl (C=O) groups excluding carboxylic acids is 1. The lowest BCUT2D eigenvalue weighted by atomic mass is 10.1. The van der Waals surface area contributed by atoms with Gasteiger partial charge in [-0.25, -0.2) is 0 Å². The maximum absolute atomic E-state index is 10.7. The molecule has 0 aliphatic heterocycles. The van der Waals surface area contributed by atoms with Crippen LogP contribution in [-0.2, 0) is 4.79 Å². The summed E-state index contributed by atoms with van der Waals surface area (Å²) in [7, 11) is 0. The van der Waals surface area contributed by atoms with Crippen LogP contribution in [0.2, 0.25) is 0 Å². The van der Waals surface area contributed by atoms with Crippen LogP contribution in [0.4, 0.5) is 5.69 Å². The van der Waals surface area contributed by atoms with Gasteiger partial charge in [-0.1, -0.05) is 18.2 Å². The van der Waals surface area contributed by atoms with E-state index in [2.05, 4.69) is 11.7 Å². The smallest absolute Gasteiger partial charge is 0.152 e. The van der Waals surface area contributed by atoms with Crippen molar-refractivity contribution in [3.63, 3.8) is 0 Å². The number of carbonyl (C=O) groups is 1. The number of benzene rings is 1. The van der Waals surface area contributed by atoms with Gasteiger partial charge in [-0.3, -0.25) is 9.79 Å². The molecule has 0 amide bonds. The Balaban J connectivity index is 3.00. The summed E-state index contributed by atoms with van der Waals surface area (Å²) in [6, 6.07) is 7.53. The van der Waals surface area contributed by atoms with E-state index in [-0.39, 0.29) is 5.78 Å². The normalized spacial score (nSPS) is 10.2. The van der Waals surface area contributed by atoms with Gasteiger partial charge in [0.2, 0.25) is 0 Å². The number of nitrogens with zero attached hydrogens (tertiary/aromatic N) is 1. The van der Waals surface area contributed by atoms with Gasteiger partial charge < -0.3 is 0 Å². The van der Waals surface area contributed by atoms with Crippen molar-refractivity contribution >= 4 is 24.3 Å². The van der Waals surface area contributed by atoms with E-state index in [1.54, 1.807) is 6.08 Å². The SMILES string of the molecule is C=Nc1ccccc1/C=C/C(C)=O. The number of hydrogen-bond acceptors (Lipinski definition) is 2. The summed E-state index contributed by atoms with van der Waals surface area (Å²) in [6.45, 7) is 4.96. The van der Waals surface area contributed by atoms with E-state index in [0.29, 0.717) is 0 Å². The molecule has 0 N–H and O–H groups in total. The van der Waals surface area contributed by atoms with Crippen LogP contribution in [0.15, 0.2) is 35.3 Å². The summed E-state index contributed by atoms with van der Waals surface area (Å²) < 4.78 is 0. The summed E-state index contributed by atoms with van der Waals surface area (Å²) >= 11 is 0. The molecule has 0 unspecified atom stereocenters. The van der Waals surface area contributed by atoms with Gasteiger partial charge in [0.1, 0.15) is 0 Å². The molecular weight excluding hydrogens is 162 g/mol. The lowest BCUT2D eigenvalue weighted by Gasteiger charge is -1.97. The molecular formula is C11H11NO. The van der Waals surface area contributed by atoms with Gasteiger partial charge in [-0.2, -0.15) is 0 Å². The van der Waals surface area contributed by atoms with E-state index in [1.807, 2.05) is 24.3 Å². The molecule has 0 spiro atoms. The average Bonchev–Trinajstić information content (AvgIpc) is 2.15. The Hall–Kier alpha value is -1.70. The summed E-state index contributed by atoms with van der Waals surface area (Å²) in [5.74, 6) is 0.0267. The van der Waals surface area contributed by atoms with Crippen molar-refractivity contribution in [2.24, 2.45) is 4.99 Å². The van der Waals surface area contributed by atoms with Crippen molar-refractivity contribution in [3.05, 3.63) is 35.9 Å². The fourth-order valence-corrected chi connectivity index (χ4v) is 0.980. The quantitative estimate of drug-likeness (QED) is 0.510. The van der Waals surface area contributed by atoms with Crippen molar-refractivity contribution in [2.75, 3.05) is 0 Å². The van der Waals surface area contributed by atoms with E-state index >= 15 is 0 Å². The van der Waals surface area contributed by atoms with E-state index in [1.165, 1.54) is 13.0 Å². The summed E-state index contributed by atoms with van der Waals surface area (Å²) in [5.41, 5.74) is 1.70. The molecule has 1 aromatic rings. The van der Waals surface area contributed by atoms with Crippen molar-refractivity contribution in [3.8, 4) is 0 Å². The van der Waals surface area contributed by atoms with Crippen LogP contribution in [0.25, 0.3) is 6.08 Å². The standard InChI is InChI=1S/C11H11NO/c1-9(13)7-8-10-5-3-4-6-11(10)12-2/h3-8H,2H2,1H3/b8-7+. The molecule has 0 aromatic heterocycles. The highest BCUT2D eigenvalue weighted by atomic mass is 16.1. The fourth-order valence-electron chi connectivity index (χ4n) is 0.980. The first-order valence-electron chi connectivity index (χ1n) is 3.98. The van der Waals surface area contributed by atoms with E-state index < -0.39 is 0 Å². The molecule has 1 aromatic carbocycles. The molecule has 66 valence electrons. The molecule has 2 heteroatoms. The molecule has 13 heavy (non-hydrogen) atoms. The first-order chi connectivity index (χ1) is 6.24. The third kappa shape index (κ3) is 2.67. The number of hydrogen-bond donors (Lipinski definition) is 0. The van der Waals surface area contributed by atoms with Crippen LogP contribution in [-0.4, -0.2) is 12.5 Å². The first kappa shape index (κ1) is 9.39. The van der Waals surface area contributed by atoms with Crippen molar-refractivity contribution in [1.29, 1.82) is 0 Å². The second kappa shape index (κ2) is 4.36. The van der Waals surface area contributed by atoms with Crippen molar-refractivity contribution in [2.45, 2.75) is 6.92 Å². The second-order valence-electron chi connectivity index (χ2n) is 2.66. The monoisotopic (exact) mass is 173 g/mol. The van der Waals surface area contributed by atoms with Crippen LogP contribution in [0, 0.1) is 0 Å². The highest BCUT2D eigenvalue weighted by molar-refractivity contribution is 5.92. The van der Waals surface area contributed by atoms with Crippen LogP contribution in [0.3, 0.4) is 0 Å². The number of aliphatic imine (C=N–C) groups is 1. The Morgan fingerprint density at radius 3 is 2.77 bits per heavy atom. The summed E-state index contributed by atoms with van der Waals surface area (Å²) in [5, 5.41) is 0. The molecule has 0 atom stereocenters. The molecule has 0 bridgehead atoms. The second-order valence-corrected chi connectivity index (χ2v) is 2.66. The van der Waals surface area contributed by atoms with Crippen molar-refractivity contribution < 1.29 is 4.79 Å². The van der Waals surface area contributed by atoms with Gasteiger partial charge in [-0.05, 0) is 31.9 Å². The predicted molar refractivity (Wildman–Crippen MR) is 55.4 cm³/mol. The van der Waals surface area contributed by atoms with Gasteiger partial charge in [0.15, 0.2) is 5.78 Å². The minimum atomic E-state index is 0.0267. The average molecular weight is 173 g/mol. The van der Waals surface area contributed by atoms with Gasteiger partial charge in [0, 0.05) is 5.56 Å². The van der Waals surface area contributed by atoms with Gasteiger partial charge in [0.05, 0.1) is 5.69 Å². The molecule has 0 radical (unpaired) electrons. The third-order valence-corrected chi connectivity index (χ3v) is 1.60. The molecule has 2 nitrogen and oxygen atoms in total. The number of rotatable bonds is 3. The maximum Gasteiger partial charge on any atom is 0.152 e. The predicted octanol–water partition coefficient (Wildman–Crippen LogP) is 2.62. The molecule has 0 aliphatic rings. The summed E-state index contributed by atoms with van der Waals surface area (Å²) in [6.07, 6.45) is 3.26. The fraction of sp³-hybridized carbons (Fsp3) is 0.0909. The zero-order valence-corrected chi connectivity index (χ0v) is 7.53. The highest BCUT2D eigenvalue weighted by Gasteiger charge is 1.93. The molecule has 0 aliphatic carbocycles. The molecule has 0 fully saturated rings. The Labute approximate surface area is 77.6 Å². The topological polar surface area (TPSA) is 29.4 Å². The molecule has 0 heterocycles. The largest absolute Gasteiger partial charge is 0.295 e. The number of ketones is 1. The first-order valence-corrected chi connectivity index (χ1v) is 3.98.